The molecule has 5 nitrogen and oxygen atoms in total. The van der Waals surface area contributed by atoms with Gasteiger partial charge < -0.3 is 15.3 Å². The number of carbonyl (C=O) groups excluding carboxylic acids is 2. The van der Waals surface area contributed by atoms with E-state index in [9.17, 15) is 14.7 Å². The summed E-state index contributed by atoms with van der Waals surface area (Å²) in [5.41, 5.74) is 2.04. The number of benzene rings is 1. The molecule has 0 radical (unpaired) electrons. The number of aliphatic hydroxyl groups excluding tert-OH is 1. The maximum atomic E-state index is 12.5. The van der Waals surface area contributed by atoms with Crippen molar-refractivity contribution in [2.24, 2.45) is 11.8 Å². The first kappa shape index (κ1) is 17.9. The highest BCUT2D eigenvalue weighted by molar-refractivity contribution is 5.96. The first-order valence-corrected chi connectivity index (χ1v) is 9.33. The van der Waals surface area contributed by atoms with Crippen molar-refractivity contribution in [3.8, 4) is 0 Å². The van der Waals surface area contributed by atoms with Crippen molar-refractivity contribution in [3.05, 3.63) is 29.8 Å². The lowest BCUT2D eigenvalue weighted by Gasteiger charge is -2.34. The van der Waals surface area contributed by atoms with Crippen molar-refractivity contribution in [1.29, 1.82) is 0 Å². The fraction of sp³-hybridized carbons (Fsp3) is 0.600. The lowest BCUT2D eigenvalue weighted by molar-refractivity contribution is -0.133. The number of nitrogens with zero attached hydrogens (tertiary/aromatic N) is 1. The number of nitrogens with one attached hydrogen (secondary N) is 1. The van der Waals surface area contributed by atoms with Gasteiger partial charge in [0.1, 0.15) is 0 Å². The number of aliphatic hydroxyl groups is 1. The molecule has 2 aliphatic rings. The summed E-state index contributed by atoms with van der Waals surface area (Å²) in [7, 11) is 1.88. The van der Waals surface area contributed by atoms with Crippen molar-refractivity contribution in [3.63, 3.8) is 0 Å². The van der Waals surface area contributed by atoms with Crippen LogP contribution in [0.4, 0.5) is 5.69 Å². The summed E-state index contributed by atoms with van der Waals surface area (Å²) in [5, 5.41) is 12.2. The van der Waals surface area contributed by atoms with E-state index >= 15 is 0 Å². The zero-order chi connectivity index (χ0) is 17.8. The predicted octanol–water partition coefficient (Wildman–Crippen LogP) is 2.59. The van der Waals surface area contributed by atoms with Gasteiger partial charge in [-0.1, -0.05) is 18.2 Å². The Morgan fingerprint density at radius 2 is 1.96 bits per heavy atom. The monoisotopic (exact) mass is 344 g/mol. The lowest BCUT2D eigenvalue weighted by Crippen LogP contribution is -2.40. The van der Waals surface area contributed by atoms with Gasteiger partial charge >= 0.3 is 0 Å². The molecular formula is C20H28N2O3. The predicted molar refractivity (Wildman–Crippen MR) is 97.1 cm³/mol. The van der Waals surface area contributed by atoms with E-state index in [4.69, 9.17) is 0 Å². The number of hydrogen-bond donors (Lipinski definition) is 2. The minimum atomic E-state index is -0.127. The van der Waals surface area contributed by atoms with Crippen LogP contribution in [0.1, 0.15) is 44.1 Å². The van der Waals surface area contributed by atoms with E-state index in [1.54, 1.807) is 0 Å². The SMILES string of the molecule is CN(C(=O)CCC1Cc2ccccc2NC1=O)C1CCC(CO)CC1. The molecule has 1 aliphatic carbocycles. The molecule has 0 bridgehead atoms. The Bertz CT molecular complexity index is 623. The average Bonchev–Trinajstić information content (AvgIpc) is 2.65. The van der Waals surface area contributed by atoms with Crippen LogP contribution in [0, 0.1) is 11.8 Å². The van der Waals surface area contributed by atoms with Crippen LogP contribution in [0.3, 0.4) is 0 Å². The molecule has 0 saturated heterocycles. The number of hydrogen-bond acceptors (Lipinski definition) is 3. The highest BCUT2D eigenvalue weighted by Gasteiger charge is 2.29. The highest BCUT2D eigenvalue weighted by atomic mass is 16.3. The molecule has 1 aliphatic heterocycles. The number of amides is 2. The van der Waals surface area contributed by atoms with Crippen LogP contribution < -0.4 is 5.32 Å². The number of fused-ring (bicyclic) bond motifs is 1. The molecule has 1 fully saturated rings. The van der Waals surface area contributed by atoms with Crippen LogP contribution in [0.2, 0.25) is 0 Å². The van der Waals surface area contributed by atoms with Crippen molar-refractivity contribution in [1.82, 2.24) is 4.90 Å². The maximum absolute atomic E-state index is 12.5. The minimum absolute atomic E-state index is 0.0256. The van der Waals surface area contributed by atoms with Gasteiger partial charge in [-0.2, -0.15) is 0 Å². The van der Waals surface area contributed by atoms with Gasteiger partial charge in [-0.15, -0.1) is 0 Å². The van der Waals surface area contributed by atoms with Gasteiger partial charge in [-0.25, -0.2) is 0 Å². The summed E-state index contributed by atoms with van der Waals surface area (Å²) in [5.74, 6) is 0.417. The summed E-state index contributed by atoms with van der Waals surface area (Å²) < 4.78 is 0. The van der Waals surface area contributed by atoms with Crippen LogP contribution in [0.15, 0.2) is 24.3 Å². The van der Waals surface area contributed by atoms with E-state index in [1.807, 2.05) is 36.2 Å². The van der Waals surface area contributed by atoms with Gasteiger partial charge in [0.2, 0.25) is 11.8 Å². The molecule has 3 rings (SSSR count). The Morgan fingerprint density at radius 1 is 1.24 bits per heavy atom. The topological polar surface area (TPSA) is 69.6 Å². The van der Waals surface area contributed by atoms with E-state index in [0.29, 0.717) is 25.2 Å². The van der Waals surface area contributed by atoms with Crippen LogP contribution >= 0.6 is 0 Å². The smallest absolute Gasteiger partial charge is 0.227 e. The van der Waals surface area contributed by atoms with Gasteiger partial charge in [0, 0.05) is 37.7 Å². The molecule has 1 aromatic rings. The van der Waals surface area contributed by atoms with Crippen molar-refractivity contribution in [2.45, 2.75) is 51.0 Å². The fourth-order valence-corrected chi connectivity index (χ4v) is 4.04. The molecule has 1 unspecified atom stereocenters. The Morgan fingerprint density at radius 3 is 2.68 bits per heavy atom. The minimum Gasteiger partial charge on any atom is -0.396 e. The number of para-hydroxylation sites is 1. The van der Waals surface area contributed by atoms with E-state index in [1.165, 1.54) is 0 Å². The van der Waals surface area contributed by atoms with E-state index in [2.05, 4.69) is 5.32 Å². The van der Waals surface area contributed by atoms with Crippen molar-refractivity contribution >= 4 is 17.5 Å². The Hall–Kier alpha value is -1.88. The quantitative estimate of drug-likeness (QED) is 0.862. The maximum Gasteiger partial charge on any atom is 0.227 e. The molecule has 1 aromatic carbocycles. The second kappa shape index (κ2) is 8.00. The zero-order valence-corrected chi connectivity index (χ0v) is 14.9. The Labute approximate surface area is 149 Å². The third kappa shape index (κ3) is 4.21. The highest BCUT2D eigenvalue weighted by Crippen LogP contribution is 2.29. The van der Waals surface area contributed by atoms with Crippen LogP contribution in [0.5, 0.6) is 0 Å². The second-order valence-electron chi connectivity index (χ2n) is 7.45. The van der Waals surface area contributed by atoms with Crippen molar-refractivity contribution < 1.29 is 14.7 Å². The molecule has 136 valence electrons. The Balaban J connectivity index is 1.50. The van der Waals surface area contributed by atoms with Crippen LogP contribution in [-0.4, -0.2) is 41.5 Å². The van der Waals surface area contributed by atoms with Crippen molar-refractivity contribution in [2.75, 3.05) is 19.0 Å². The summed E-state index contributed by atoms with van der Waals surface area (Å²) >= 11 is 0. The molecule has 1 heterocycles. The van der Waals surface area contributed by atoms with E-state index in [-0.39, 0.29) is 30.4 Å². The third-order valence-electron chi connectivity index (χ3n) is 5.83. The summed E-state index contributed by atoms with van der Waals surface area (Å²) in [6.45, 7) is 0.253. The summed E-state index contributed by atoms with van der Waals surface area (Å²) in [4.78, 5) is 26.6. The molecule has 25 heavy (non-hydrogen) atoms. The van der Waals surface area contributed by atoms with Gasteiger partial charge in [-0.05, 0) is 56.1 Å². The standard InChI is InChI=1S/C20H28N2O3/c1-22(17-9-6-14(13-23)7-10-17)19(24)11-8-16-12-15-4-2-3-5-18(15)21-20(16)25/h2-5,14,16-17,23H,6-13H2,1H3,(H,21,25). The fourth-order valence-electron chi connectivity index (χ4n) is 4.04. The van der Waals surface area contributed by atoms with Gasteiger partial charge in [0.15, 0.2) is 0 Å². The molecule has 1 saturated carbocycles. The zero-order valence-electron chi connectivity index (χ0n) is 14.9. The van der Waals surface area contributed by atoms with Crippen LogP contribution in [0.25, 0.3) is 0 Å². The molecule has 0 spiro atoms. The lowest BCUT2D eigenvalue weighted by atomic mass is 9.85. The van der Waals surface area contributed by atoms with Gasteiger partial charge in [0.05, 0.1) is 0 Å². The normalized spacial score (nSPS) is 25.8. The van der Waals surface area contributed by atoms with Gasteiger partial charge in [0.25, 0.3) is 0 Å². The van der Waals surface area contributed by atoms with E-state index in [0.717, 1.165) is 36.9 Å². The first-order valence-electron chi connectivity index (χ1n) is 9.33. The summed E-state index contributed by atoms with van der Waals surface area (Å²) in [6.07, 6.45) is 5.61. The van der Waals surface area contributed by atoms with E-state index < -0.39 is 0 Å². The average molecular weight is 344 g/mol. The largest absolute Gasteiger partial charge is 0.396 e. The second-order valence-corrected chi connectivity index (χ2v) is 7.45. The molecule has 5 heteroatoms. The Kier molecular flexibility index (Phi) is 5.74. The van der Waals surface area contributed by atoms with Gasteiger partial charge in [-0.3, -0.25) is 9.59 Å². The molecule has 1 atom stereocenters. The number of anilines is 1. The summed E-state index contributed by atoms with van der Waals surface area (Å²) in [6, 6.07) is 8.13. The molecule has 2 N–H and O–H groups in total. The third-order valence-corrected chi connectivity index (χ3v) is 5.83. The number of carbonyl (C=O) groups is 2. The number of rotatable bonds is 5. The first-order chi connectivity index (χ1) is 12.1. The molecule has 2 amide bonds. The molecular weight excluding hydrogens is 316 g/mol. The molecule has 0 aromatic heterocycles. The van der Waals surface area contributed by atoms with Crippen LogP contribution in [-0.2, 0) is 16.0 Å².